The zero-order valence-electron chi connectivity index (χ0n) is 14.6. The lowest BCUT2D eigenvalue weighted by atomic mass is 9.71. The van der Waals surface area contributed by atoms with Gasteiger partial charge in [-0.05, 0) is 57.9 Å². The molecule has 2 amide bonds. The first-order valence-electron chi connectivity index (χ1n) is 8.98. The summed E-state index contributed by atoms with van der Waals surface area (Å²) in [6, 6.07) is 0.669. The maximum atomic E-state index is 12.4. The molecule has 2 aliphatic rings. The van der Waals surface area contributed by atoms with E-state index in [2.05, 4.69) is 43.1 Å². The van der Waals surface area contributed by atoms with Gasteiger partial charge in [-0.25, -0.2) is 4.79 Å². The van der Waals surface area contributed by atoms with E-state index in [4.69, 9.17) is 0 Å². The van der Waals surface area contributed by atoms with Gasteiger partial charge in [0.25, 0.3) is 0 Å². The first-order chi connectivity index (χ1) is 10.6. The molecule has 1 unspecified atom stereocenters. The SMILES string of the molecule is CCN(CCNC(=O)N1CCCC2(CC=CCC2)C1)C(C)C. The smallest absolute Gasteiger partial charge is 0.317 e. The monoisotopic (exact) mass is 307 g/mol. The molecule has 4 nitrogen and oxygen atoms in total. The van der Waals surface area contributed by atoms with E-state index in [-0.39, 0.29) is 6.03 Å². The van der Waals surface area contributed by atoms with Gasteiger partial charge >= 0.3 is 6.03 Å². The fourth-order valence-electron chi connectivity index (χ4n) is 3.89. The lowest BCUT2D eigenvalue weighted by Gasteiger charge is -2.43. The molecule has 1 heterocycles. The number of urea groups is 1. The van der Waals surface area contributed by atoms with E-state index in [1.807, 2.05) is 4.90 Å². The summed E-state index contributed by atoms with van der Waals surface area (Å²) in [7, 11) is 0. The van der Waals surface area contributed by atoms with Crippen molar-refractivity contribution in [1.29, 1.82) is 0 Å². The Morgan fingerprint density at radius 2 is 2.18 bits per heavy atom. The molecule has 22 heavy (non-hydrogen) atoms. The average Bonchev–Trinajstić information content (AvgIpc) is 2.52. The van der Waals surface area contributed by atoms with Crippen molar-refractivity contribution in [3.8, 4) is 0 Å². The summed E-state index contributed by atoms with van der Waals surface area (Å²) < 4.78 is 0. The van der Waals surface area contributed by atoms with Crippen molar-refractivity contribution in [2.24, 2.45) is 5.41 Å². The third-order valence-electron chi connectivity index (χ3n) is 5.32. The first kappa shape index (κ1) is 17.3. The normalized spacial score (nSPS) is 25.2. The number of carbonyl (C=O) groups excluding carboxylic acids is 1. The third-order valence-corrected chi connectivity index (χ3v) is 5.32. The van der Waals surface area contributed by atoms with Gasteiger partial charge in [-0.2, -0.15) is 0 Å². The van der Waals surface area contributed by atoms with E-state index in [9.17, 15) is 4.79 Å². The Morgan fingerprint density at radius 3 is 2.82 bits per heavy atom. The average molecular weight is 307 g/mol. The number of amides is 2. The second kappa shape index (κ2) is 8.00. The van der Waals surface area contributed by atoms with Crippen LogP contribution in [0.1, 0.15) is 52.9 Å². The van der Waals surface area contributed by atoms with Crippen molar-refractivity contribution in [2.45, 2.75) is 58.9 Å². The minimum atomic E-state index is 0.133. The van der Waals surface area contributed by atoms with Crippen LogP contribution < -0.4 is 5.32 Å². The maximum absolute atomic E-state index is 12.4. The van der Waals surface area contributed by atoms with Crippen LogP contribution in [0.3, 0.4) is 0 Å². The molecular weight excluding hydrogens is 274 g/mol. The first-order valence-corrected chi connectivity index (χ1v) is 8.98. The van der Waals surface area contributed by atoms with Crippen molar-refractivity contribution < 1.29 is 4.79 Å². The van der Waals surface area contributed by atoms with E-state index >= 15 is 0 Å². The molecule has 1 N–H and O–H groups in total. The predicted octanol–water partition coefficient (Wildman–Crippen LogP) is 3.25. The number of nitrogens with one attached hydrogen (secondary N) is 1. The number of carbonyl (C=O) groups is 1. The van der Waals surface area contributed by atoms with Crippen LogP contribution in [0.15, 0.2) is 12.2 Å². The molecule has 0 aromatic rings. The van der Waals surface area contributed by atoms with Gasteiger partial charge < -0.3 is 10.2 Å². The van der Waals surface area contributed by atoms with Gasteiger partial charge in [0.05, 0.1) is 0 Å². The summed E-state index contributed by atoms with van der Waals surface area (Å²) >= 11 is 0. The zero-order valence-corrected chi connectivity index (χ0v) is 14.6. The molecule has 1 spiro atoms. The molecule has 1 fully saturated rings. The van der Waals surface area contributed by atoms with Crippen molar-refractivity contribution in [2.75, 3.05) is 32.7 Å². The summed E-state index contributed by atoms with van der Waals surface area (Å²) in [5.74, 6) is 0. The fourth-order valence-corrected chi connectivity index (χ4v) is 3.89. The molecule has 1 atom stereocenters. The fraction of sp³-hybridized carbons (Fsp3) is 0.833. The summed E-state index contributed by atoms with van der Waals surface area (Å²) in [6.45, 7) is 11.1. The third kappa shape index (κ3) is 4.48. The molecule has 1 saturated heterocycles. The van der Waals surface area contributed by atoms with Gasteiger partial charge in [-0.1, -0.05) is 19.1 Å². The number of rotatable bonds is 5. The van der Waals surface area contributed by atoms with Crippen LogP contribution in [0, 0.1) is 5.41 Å². The number of nitrogens with zero attached hydrogens (tertiary/aromatic N) is 2. The number of allylic oxidation sites excluding steroid dienone is 2. The Balaban J connectivity index is 1.78. The highest BCUT2D eigenvalue weighted by molar-refractivity contribution is 5.74. The topological polar surface area (TPSA) is 35.6 Å². The van der Waals surface area contributed by atoms with Crippen molar-refractivity contribution in [1.82, 2.24) is 15.1 Å². The minimum absolute atomic E-state index is 0.133. The number of piperidine rings is 1. The quantitative estimate of drug-likeness (QED) is 0.791. The molecule has 0 aromatic heterocycles. The van der Waals surface area contributed by atoms with Crippen molar-refractivity contribution in [3.05, 3.63) is 12.2 Å². The molecule has 0 bridgehead atoms. The Kier molecular flexibility index (Phi) is 6.30. The number of likely N-dealkylation sites (tertiary alicyclic amines) is 1. The second-order valence-electron chi connectivity index (χ2n) is 7.19. The number of hydrogen-bond donors (Lipinski definition) is 1. The molecule has 0 saturated carbocycles. The van der Waals surface area contributed by atoms with E-state index in [1.165, 1.54) is 19.3 Å². The Hall–Kier alpha value is -1.03. The van der Waals surface area contributed by atoms with Gasteiger partial charge in [0.15, 0.2) is 0 Å². The zero-order chi connectivity index (χ0) is 16.0. The summed E-state index contributed by atoms with van der Waals surface area (Å²) in [4.78, 5) is 16.9. The van der Waals surface area contributed by atoms with Gasteiger partial charge in [0.2, 0.25) is 0 Å². The number of hydrogen-bond acceptors (Lipinski definition) is 2. The maximum Gasteiger partial charge on any atom is 0.317 e. The molecule has 0 aromatic carbocycles. The summed E-state index contributed by atoms with van der Waals surface area (Å²) in [5.41, 5.74) is 0.359. The van der Waals surface area contributed by atoms with Gasteiger partial charge in [-0.3, -0.25) is 4.90 Å². The van der Waals surface area contributed by atoms with E-state index in [0.717, 1.165) is 45.6 Å². The molecule has 4 heteroatoms. The Morgan fingerprint density at radius 1 is 1.36 bits per heavy atom. The lowest BCUT2D eigenvalue weighted by Crippen LogP contribution is -2.51. The van der Waals surface area contributed by atoms with Crippen LogP contribution in [0.25, 0.3) is 0 Å². The minimum Gasteiger partial charge on any atom is -0.337 e. The standard InChI is InChI=1S/C18H33N3O/c1-4-20(16(2)3)14-12-19-17(22)21-13-8-11-18(15-21)9-6-5-7-10-18/h5-6,16H,4,7-15H2,1-3H3,(H,19,22). The Bertz CT molecular complexity index is 394. The second-order valence-corrected chi connectivity index (χ2v) is 7.19. The van der Waals surface area contributed by atoms with Crippen LogP contribution in [0.2, 0.25) is 0 Å². The van der Waals surface area contributed by atoms with Gasteiger partial charge in [-0.15, -0.1) is 0 Å². The highest BCUT2D eigenvalue weighted by atomic mass is 16.2. The molecule has 2 rings (SSSR count). The largest absolute Gasteiger partial charge is 0.337 e. The molecule has 1 aliphatic carbocycles. The molecule has 126 valence electrons. The number of likely N-dealkylation sites (N-methyl/N-ethyl adjacent to an activating group) is 1. The van der Waals surface area contributed by atoms with Crippen LogP contribution in [-0.2, 0) is 0 Å². The van der Waals surface area contributed by atoms with Crippen LogP contribution >= 0.6 is 0 Å². The van der Waals surface area contributed by atoms with Crippen LogP contribution in [0.5, 0.6) is 0 Å². The van der Waals surface area contributed by atoms with Crippen LogP contribution in [0.4, 0.5) is 4.79 Å². The van der Waals surface area contributed by atoms with Crippen molar-refractivity contribution >= 4 is 6.03 Å². The van der Waals surface area contributed by atoms with Gasteiger partial charge in [0, 0.05) is 32.2 Å². The lowest BCUT2D eigenvalue weighted by molar-refractivity contribution is 0.0954. The van der Waals surface area contributed by atoms with Crippen LogP contribution in [-0.4, -0.2) is 54.6 Å². The molecule has 1 aliphatic heterocycles. The molecular formula is C18H33N3O. The summed E-state index contributed by atoms with van der Waals surface area (Å²) in [5, 5.41) is 3.12. The van der Waals surface area contributed by atoms with E-state index in [1.54, 1.807) is 0 Å². The highest BCUT2D eigenvalue weighted by Gasteiger charge is 2.36. The molecule has 0 radical (unpaired) electrons. The predicted molar refractivity (Wildman–Crippen MR) is 92.0 cm³/mol. The highest BCUT2D eigenvalue weighted by Crippen LogP contribution is 2.40. The van der Waals surface area contributed by atoms with Gasteiger partial charge in [0.1, 0.15) is 0 Å². The van der Waals surface area contributed by atoms with E-state index in [0.29, 0.717) is 11.5 Å². The van der Waals surface area contributed by atoms with Crippen molar-refractivity contribution in [3.63, 3.8) is 0 Å². The van der Waals surface area contributed by atoms with E-state index < -0.39 is 0 Å². The summed E-state index contributed by atoms with van der Waals surface area (Å²) in [6.07, 6.45) is 10.6. The Labute approximate surface area is 135 Å².